The molecule has 0 aliphatic carbocycles. The van der Waals surface area contributed by atoms with Gasteiger partial charge in [0, 0.05) is 45.1 Å². The van der Waals surface area contributed by atoms with Crippen LogP contribution < -0.4 is 5.32 Å². The number of piperazine rings is 1. The second-order valence-corrected chi connectivity index (χ2v) is 7.92. The summed E-state index contributed by atoms with van der Waals surface area (Å²) in [5.74, 6) is 0. The third-order valence-electron chi connectivity index (χ3n) is 4.44. The van der Waals surface area contributed by atoms with E-state index in [9.17, 15) is 8.42 Å². The molecule has 1 saturated heterocycles. The number of hydrogen-bond donors (Lipinski definition) is 1. The molecule has 1 unspecified atom stereocenters. The molecule has 1 N–H and O–H groups in total. The summed E-state index contributed by atoms with van der Waals surface area (Å²) in [6.07, 6.45) is 3.44. The Morgan fingerprint density at radius 1 is 1.24 bits per heavy atom. The van der Waals surface area contributed by atoms with Crippen molar-refractivity contribution in [1.29, 1.82) is 0 Å². The zero-order valence-electron chi connectivity index (χ0n) is 14.4. The molecule has 25 heavy (non-hydrogen) atoms. The highest BCUT2D eigenvalue weighted by Crippen LogP contribution is 2.27. The summed E-state index contributed by atoms with van der Waals surface area (Å²) in [5.41, 5.74) is 1.90. The Morgan fingerprint density at radius 2 is 2.04 bits per heavy atom. The molecule has 0 bridgehead atoms. The first kappa shape index (κ1) is 18.0. The summed E-state index contributed by atoms with van der Waals surface area (Å²) in [5, 5.41) is 3.29. The van der Waals surface area contributed by atoms with Crippen LogP contribution in [0.1, 0.15) is 24.1 Å². The van der Waals surface area contributed by atoms with Crippen molar-refractivity contribution in [1.82, 2.24) is 18.9 Å². The molecule has 2 heterocycles. The average Bonchev–Trinajstić information content (AvgIpc) is 2.67. The first-order chi connectivity index (χ1) is 12.1. The lowest BCUT2D eigenvalue weighted by molar-refractivity contribution is 0.246. The number of rotatable bonds is 6. The van der Waals surface area contributed by atoms with E-state index >= 15 is 0 Å². The monoisotopic (exact) mass is 360 g/mol. The smallest absolute Gasteiger partial charge is 0.282 e. The summed E-state index contributed by atoms with van der Waals surface area (Å²) in [6, 6.07) is 13.2. The average molecular weight is 360 g/mol. The predicted octanol–water partition coefficient (Wildman–Crippen LogP) is 1.79. The molecule has 0 radical (unpaired) electrons. The van der Waals surface area contributed by atoms with Gasteiger partial charge in [0.15, 0.2) is 0 Å². The maximum Gasteiger partial charge on any atom is 0.282 e. The summed E-state index contributed by atoms with van der Waals surface area (Å²) >= 11 is 0. The Hall–Kier alpha value is -1.80. The lowest BCUT2D eigenvalue weighted by atomic mass is 10.1. The maximum atomic E-state index is 13.3. The molecule has 1 fully saturated rings. The van der Waals surface area contributed by atoms with Crippen molar-refractivity contribution in [3.8, 4) is 0 Å². The first-order valence-corrected chi connectivity index (χ1v) is 9.94. The van der Waals surface area contributed by atoms with Gasteiger partial charge < -0.3 is 5.32 Å². The molecule has 1 aromatic carbocycles. The summed E-state index contributed by atoms with van der Waals surface area (Å²) in [4.78, 5) is 4.15. The zero-order valence-corrected chi connectivity index (χ0v) is 15.2. The van der Waals surface area contributed by atoms with Crippen LogP contribution in [0.15, 0.2) is 54.9 Å². The molecule has 1 aromatic heterocycles. The van der Waals surface area contributed by atoms with Crippen LogP contribution in [0.3, 0.4) is 0 Å². The van der Waals surface area contributed by atoms with Gasteiger partial charge >= 0.3 is 0 Å². The van der Waals surface area contributed by atoms with Crippen molar-refractivity contribution in [3.63, 3.8) is 0 Å². The Labute approximate surface area is 149 Å². The highest BCUT2D eigenvalue weighted by molar-refractivity contribution is 7.86. The van der Waals surface area contributed by atoms with Crippen LogP contribution in [0.4, 0.5) is 0 Å². The van der Waals surface area contributed by atoms with E-state index < -0.39 is 10.2 Å². The van der Waals surface area contributed by atoms with Crippen LogP contribution in [-0.2, 0) is 16.8 Å². The van der Waals surface area contributed by atoms with E-state index in [0.717, 1.165) is 11.1 Å². The van der Waals surface area contributed by atoms with E-state index in [2.05, 4.69) is 10.3 Å². The zero-order chi connectivity index (χ0) is 17.7. The standard InChI is InChI=1S/C18H24N4O2S/c1-2-21(15-16-7-4-3-5-8-16)25(23,24)22-12-11-20-14-18(22)17-9-6-10-19-13-17/h3-10,13,18,20H,2,11-12,14-15H2,1H3. The van der Waals surface area contributed by atoms with Crippen LogP contribution in [0.2, 0.25) is 0 Å². The van der Waals surface area contributed by atoms with Crippen molar-refractivity contribution >= 4 is 10.2 Å². The van der Waals surface area contributed by atoms with Gasteiger partial charge in [-0.3, -0.25) is 4.98 Å². The molecule has 3 rings (SSSR count). The molecule has 7 heteroatoms. The molecule has 1 aliphatic heterocycles. The fraction of sp³-hybridized carbons (Fsp3) is 0.389. The predicted molar refractivity (Wildman–Crippen MR) is 98.0 cm³/mol. The van der Waals surface area contributed by atoms with Gasteiger partial charge in [-0.05, 0) is 17.2 Å². The number of nitrogens with zero attached hydrogens (tertiary/aromatic N) is 3. The van der Waals surface area contributed by atoms with E-state index in [1.165, 1.54) is 4.31 Å². The van der Waals surface area contributed by atoms with Crippen LogP contribution in [0.5, 0.6) is 0 Å². The number of pyridine rings is 1. The fourth-order valence-electron chi connectivity index (χ4n) is 3.11. The molecule has 0 saturated carbocycles. The summed E-state index contributed by atoms with van der Waals surface area (Å²) < 4.78 is 29.8. The second-order valence-electron chi connectivity index (χ2n) is 6.04. The Balaban J connectivity index is 1.87. The minimum Gasteiger partial charge on any atom is -0.313 e. The highest BCUT2D eigenvalue weighted by Gasteiger charge is 2.36. The molecular formula is C18H24N4O2S. The summed E-state index contributed by atoms with van der Waals surface area (Å²) in [6.45, 7) is 4.38. The molecule has 0 spiro atoms. The number of benzene rings is 1. The minimum atomic E-state index is -3.57. The van der Waals surface area contributed by atoms with Crippen molar-refractivity contribution in [2.24, 2.45) is 0 Å². The van der Waals surface area contributed by atoms with Gasteiger partial charge in [-0.1, -0.05) is 43.3 Å². The Morgan fingerprint density at radius 3 is 2.72 bits per heavy atom. The van der Waals surface area contributed by atoms with E-state index in [-0.39, 0.29) is 6.04 Å². The lowest BCUT2D eigenvalue weighted by Gasteiger charge is -2.38. The van der Waals surface area contributed by atoms with Crippen LogP contribution in [0.25, 0.3) is 0 Å². The molecule has 6 nitrogen and oxygen atoms in total. The molecule has 134 valence electrons. The van der Waals surface area contributed by atoms with Crippen molar-refractivity contribution in [3.05, 3.63) is 66.0 Å². The third kappa shape index (κ3) is 4.07. The molecule has 1 atom stereocenters. The summed E-state index contributed by atoms with van der Waals surface area (Å²) in [7, 11) is -3.57. The molecule has 2 aromatic rings. The van der Waals surface area contributed by atoms with Crippen molar-refractivity contribution in [2.45, 2.75) is 19.5 Å². The number of aromatic nitrogens is 1. The molecule has 1 aliphatic rings. The second kappa shape index (κ2) is 8.05. The van der Waals surface area contributed by atoms with Gasteiger partial charge in [0.25, 0.3) is 10.2 Å². The number of nitrogens with one attached hydrogen (secondary N) is 1. The normalized spacial score (nSPS) is 19.2. The van der Waals surface area contributed by atoms with Gasteiger partial charge in [0.05, 0.1) is 6.04 Å². The van der Waals surface area contributed by atoms with E-state index in [1.54, 1.807) is 16.7 Å². The van der Waals surface area contributed by atoms with Crippen LogP contribution in [-0.4, -0.2) is 48.2 Å². The number of hydrogen-bond acceptors (Lipinski definition) is 4. The van der Waals surface area contributed by atoms with E-state index in [4.69, 9.17) is 0 Å². The molecular weight excluding hydrogens is 336 g/mol. The van der Waals surface area contributed by atoms with Gasteiger partial charge in [-0.15, -0.1) is 0 Å². The quantitative estimate of drug-likeness (QED) is 0.853. The van der Waals surface area contributed by atoms with Crippen LogP contribution in [0, 0.1) is 0 Å². The topological polar surface area (TPSA) is 65.5 Å². The van der Waals surface area contributed by atoms with E-state index in [0.29, 0.717) is 32.7 Å². The van der Waals surface area contributed by atoms with Crippen molar-refractivity contribution in [2.75, 3.05) is 26.2 Å². The maximum absolute atomic E-state index is 13.3. The fourth-order valence-corrected chi connectivity index (χ4v) is 4.89. The third-order valence-corrected chi connectivity index (χ3v) is 6.51. The van der Waals surface area contributed by atoms with Gasteiger partial charge in [0.1, 0.15) is 0 Å². The largest absolute Gasteiger partial charge is 0.313 e. The van der Waals surface area contributed by atoms with Crippen LogP contribution >= 0.6 is 0 Å². The highest BCUT2D eigenvalue weighted by atomic mass is 32.2. The Bertz CT molecular complexity index is 768. The minimum absolute atomic E-state index is 0.239. The first-order valence-electron chi connectivity index (χ1n) is 8.54. The molecule has 0 amide bonds. The lowest BCUT2D eigenvalue weighted by Crippen LogP contribution is -2.53. The SMILES string of the molecule is CCN(Cc1ccccc1)S(=O)(=O)N1CCNCC1c1cccnc1. The van der Waals surface area contributed by atoms with Gasteiger partial charge in [0.2, 0.25) is 0 Å². The van der Waals surface area contributed by atoms with Gasteiger partial charge in [-0.2, -0.15) is 17.0 Å². The van der Waals surface area contributed by atoms with Gasteiger partial charge in [-0.25, -0.2) is 0 Å². The van der Waals surface area contributed by atoms with E-state index in [1.807, 2.05) is 49.4 Å². The van der Waals surface area contributed by atoms with Crippen molar-refractivity contribution < 1.29 is 8.42 Å². The Kier molecular flexibility index (Phi) is 5.80.